The largest absolute Gasteiger partial charge is 0.383 e. The van der Waals surface area contributed by atoms with E-state index in [1.807, 2.05) is 6.07 Å². The van der Waals surface area contributed by atoms with Gasteiger partial charge in [-0.25, -0.2) is 28.1 Å². The number of sulfonamides is 1. The Morgan fingerprint density at radius 2 is 1.78 bits per heavy atom. The minimum absolute atomic E-state index is 0.0302. The summed E-state index contributed by atoms with van der Waals surface area (Å²) in [5, 5.41) is 3.08. The maximum atomic E-state index is 12.5. The predicted octanol–water partition coefficient (Wildman–Crippen LogP) is 1.19. The van der Waals surface area contributed by atoms with Gasteiger partial charge in [0.1, 0.15) is 11.0 Å². The van der Waals surface area contributed by atoms with Crippen LogP contribution in [0, 0.1) is 0 Å². The van der Waals surface area contributed by atoms with Crippen molar-refractivity contribution in [1.29, 1.82) is 0 Å². The Hall–Kier alpha value is -2.49. The highest BCUT2D eigenvalue weighted by molar-refractivity contribution is 7.88. The molecule has 4 heterocycles. The monoisotopic (exact) mass is 628 g/mol. The van der Waals surface area contributed by atoms with Crippen LogP contribution in [0.25, 0.3) is 0 Å². The van der Waals surface area contributed by atoms with E-state index < -0.39 is 15.9 Å². The Morgan fingerprint density at radius 1 is 1.05 bits per heavy atom. The van der Waals surface area contributed by atoms with E-state index in [2.05, 4.69) is 46.6 Å². The summed E-state index contributed by atoms with van der Waals surface area (Å²) in [6, 6.07) is 4.51. The second-order valence-corrected chi connectivity index (χ2v) is 13.0. The van der Waals surface area contributed by atoms with Crippen molar-refractivity contribution in [2.75, 3.05) is 68.4 Å². The van der Waals surface area contributed by atoms with Gasteiger partial charge < -0.3 is 21.7 Å². The molecule has 0 aromatic carbocycles. The van der Waals surface area contributed by atoms with E-state index in [1.54, 1.807) is 6.07 Å². The van der Waals surface area contributed by atoms with Crippen molar-refractivity contribution in [1.82, 2.24) is 34.8 Å². The minimum atomic E-state index is -3.35. The molecule has 1 atom stereocenters. The number of nitrogens with zero attached hydrogens (tertiary/aromatic N) is 6. The zero-order valence-corrected chi connectivity index (χ0v) is 25.6. The molecule has 0 aliphatic carbocycles. The molecule has 0 radical (unpaired) electrons. The number of carbonyl (C=O) groups is 1. The molecule has 41 heavy (non-hydrogen) atoms. The van der Waals surface area contributed by atoms with Crippen molar-refractivity contribution >= 4 is 56.6 Å². The van der Waals surface area contributed by atoms with Gasteiger partial charge in [-0.2, -0.15) is 0 Å². The highest BCUT2D eigenvalue weighted by Crippen LogP contribution is 2.30. The summed E-state index contributed by atoms with van der Waals surface area (Å²) < 4.78 is 24.7. The number of piperidine rings is 1. The lowest BCUT2D eigenvalue weighted by Crippen LogP contribution is -2.58. The molecular formula is C25H38Cl2N10O3S. The first-order valence-corrected chi connectivity index (χ1v) is 16.3. The van der Waals surface area contributed by atoms with Gasteiger partial charge in [0.25, 0.3) is 5.91 Å². The quantitative estimate of drug-likeness (QED) is 0.219. The van der Waals surface area contributed by atoms with Gasteiger partial charge in [0.05, 0.1) is 6.26 Å². The van der Waals surface area contributed by atoms with Gasteiger partial charge in [-0.15, -0.1) is 0 Å². The molecule has 2 saturated heterocycles. The molecule has 2 aliphatic rings. The number of amides is 1. The van der Waals surface area contributed by atoms with Gasteiger partial charge in [-0.1, -0.05) is 36.2 Å². The van der Waals surface area contributed by atoms with Crippen LogP contribution in [-0.2, 0) is 16.6 Å². The first-order valence-electron chi connectivity index (χ1n) is 13.6. The summed E-state index contributed by atoms with van der Waals surface area (Å²) in [7, 11) is -3.35. The van der Waals surface area contributed by atoms with Crippen LogP contribution in [0.15, 0.2) is 12.1 Å². The van der Waals surface area contributed by atoms with Crippen LogP contribution in [0.3, 0.4) is 0 Å². The molecule has 4 rings (SSSR count). The van der Waals surface area contributed by atoms with Crippen LogP contribution >= 0.6 is 23.2 Å². The van der Waals surface area contributed by atoms with E-state index in [0.29, 0.717) is 35.4 Å². The first-order chi connectivity index (χ1) is 19.4. The normalized spacial score (nSPS) is 19.4. The Balaban J connectivity index is 1.33. The van der Waals surface area contributed by atoms with Crippen LogP contribution in [0.1, 0.15) is 42.2 Å². The van der Waals surface area contributed by atoms with Gasteiger partial charge in [-0.05, 0) is 38.4 Å². The van der Waals surface area contributed by atoms with Crippen LogP contribution in [0.4, 0.5) is 17.5 Å². The summed E-state index contributed by atoms with van der Waals surface area (Å²) in [6.45, 7) is 7.29. The van der Waals surface area contributed by atoms with E-state index in [0.717, 1.165) is 63.8 Å². The van der Waals surface area contributed by atoms with Gasteiger partial charge >= 0.3 is 0 Å². The predicted molar refractivity (Wildman–Crippen MR) is 162 cm³/mol. The summed E-state index contributed by atoms with van der Waals surface area (Å²) in [6.07, 6.45) is 4.14. The Labute approximate surface area is 251 Å². The van der Waals surface area contributed by atoms with Crippen molar-refractivity contribution in [2.45, 2.75) is 44.8 Å². The topological polar surface area (TPSA) is 176 Å². The van der Waals surface area contributed by atoms with E-state index in [1.165, 1.54) is 0 Å². The number of nitrogens with two attached hydrogens (primary N) is 2. The Bertz CT molecular complexity index is 1340. The van der Waals surface area contributed by atoms with Gasteiger partial charge in [0, 0.05) is 56.9 Å². The van der Waals surface area contributed by atoms with Crippen LogP contribution < -0.4 is 26.4 Å². The van der Waals surface area contributed by atoms with Crippen molar-refractivity contribution in [2.24, 2.45) is 0 Å². The standard InChI is InChI=1S/C25H38Cl2N10O3S/c1-3-17-15-36(24-21(27)33-20(23(29)34-24)25(38)30-8-9-31-41(2,39)40)12-13-37(17)18-6-10-35(11-7-18)14-16-4-5-19(26)32-22(16)28/h4-5,17-18,31H,3,6-15H2,1-2H3,(H2,28,32)(H2,29,34)(H,30,38)/t17-/m0/s1. The molecule has 0 bridgehead atoms. The van der Waals surface area contributed by atoms with E-state index in [4.69, 9.17) is 34.7 Å². The van der Waals surface area contributed by atoms with Crippen molar-refractivity contribution < 1.29 is 13.2 Å². The fourth-order valence-electron chi connectivity index (χ4n) is 5.45. The summed E-state index contributed by atoms with van der Waals surface area (Å²) in [5.74, 6) is 0.343. The van der Waals surface area contributed by atoms with Crippen molar-refractivity contribution in [3.63, 3.8) is 0 Å². The van der Waals surface area contributed by atoms with Gasteiger partial charge in [-0.3, -0.25) is 14.6 Å². The molecule has 0 unspecified atom stereocenters. The number of rotatable bonds is 10. The molecule has 226 valence electrons. The first kappa shape index (κ1) is 31.4. The van der Waals surface area contributed by atoms with E-state index in [9.17, 15) is 13.2 Å². The number of aromatic nitrogens is 3. The van der Waals surface area contributed by atoms with Crippen LogP contribution in [0.5, 0.6) is 0 Å². The lowest BCUT2D eigenvalue weighted by Gasteiger charge is -2.47. The zero-order valence-electron chi connectivity index (χ0n) is 23.3. The average Bonchev–Trinajstić information content (AvgIpc) is 2.93. The molecule has 6 N–H and O–H groups in total. The number of halogens is 2. The number of piperazine rings is 1. The average molecular weight is 630 g/mol. The van der Waals surface area contributed by atoms with Gasteiger partial charge in [0.15, 0.2) is 22.5 Å². The molecule has 16 heteroatoms. The zero-order chi connectivity index (χ0) is 29.7. The molecule has 0 saturated carbocycles. The second kappa shape index (κ2) is 13.7. The number of likely N-dealkylation sites (tertiary alicyclic amines) is 1. The van der Waals surface area contributed by atoms with Crippen molar-refractivity contribution in [3.05, 3.63) is 33.7 Å². The smallest absolute Gasteiger partial charge is 0.273 e. The van der Waals surface area contributed by atoms with Crippen LogP contribution in [-0.4, -0.2) is 103 Å². The molecule has 2 aromatic heterocycles. The summed E-state index contributed by atoms with van der Waals surface area (Å²) in [5.41, 5.74) is 13.1. The number of anilines is 3. The fraction of sp³-hybridized carbons (Fsp3) is 0.600. The number of pyridine rings is 1. The number of nitrogen functional groups attached to an aromatic ring is 2. The molecule has 2 aromatic rings. The Kier molecular flexibility index (Phi) is 10.5. The second-order valence-electron chi connectivity index (χ2n) is 10.4. The number of hydrogen-bond donors (Lipinski definition) is 4. The third-order valence-corrected chi connectivity index (χ3v) is 8.74. The molecule has 2 aliphatic heterocycles. The third-order valence-electron chi connectivity index (χ3n) is 7.55. The van der Waals surface area contributed by atoms with Gasteiger partial charge in [0.2, 0.25) is 10.0 Å². The SMILES string of the molecule is CC[C@H]1CN(c2nc(N)c(C(=O)NCCNS(C)(=O)=O)nc2Cl)CCN1C1CCN(Cc2ccc(Cl)nc2N)CC1. The lowest BCUT2D eigenvalue weighted by molar-refractivity contribution is 0.0611. The maximum Gasteiger partial charge on any atom is 0.273 e. The van der Waals surface area contributed by atoms with Crippen molar-refractivity contribution in [3.8, 4) is 0 Å². The highest BCUT2D eigenvalue weighted by Gasteiger charge is 2.34. The van der Waals surface area contributed by atoms with E-state index >= 15 is 0 Å². The van der Waals surface area contributed by atoms with E-state index in [-0.39, 0.29) is 29.8 Å². The summed E-state index contributed by atoms with van der Waals surface area (Å²) in [4.78, 5) is 32.5. The molecular weight excluding hydrogens is 591 g/mol. The Morgan fingerprint density at radius 3 is 2.44 bits per heavy atom. The van der Waals surface area contributed by atoms with Crippen LogP contribution in [0.2, 0.25) is 10.3 Å². The molecule has 2 fully saturated rings. The third kappa shape index (κ3) is 8.30. The minimum Gasteiger partial charge on any atom is -0.383 e. The molecule has 1 amide bonds. The fourth-order valence-corrected chi connectivity index (χ4v) is 6.32. The number of nitrogens with one attached hydrogen (secondary N) is 2. The lowest BCUT2D eigenvalue weighted by atomic mass is 9.98. The molecule has 13 nitrogen and oxygen atoms in total. The number of hydrogen-bond acceptors (Lipinski definition) is 11. The summed E-state index contributed by atoms with van der Waals surface area (Å²) >= 11 is 12.4. The number of carbonyl (C=O) groups excluding carboxylic acids is 1. The maximum absolute atomic E-state index is 12.5. The molecule has 0 spiro atoms. The highest BCUT2D eigenvalue weighted by atomic mass is 35.5.